The van der Waals surface area contributed by atoms with E-state index in [1.807, 2.05) is 11.1 Å². The standard InChI is InChI=1S/C22H27FN4O2/c1-26-9-7-19-17(13-26)12-24-22(25-19)16-4-3-8-27(14-16)21(28)11-15-5-6-20(29-2)18(23)10-15/h5-6,10,12,16H,3-4,7-9,11,13-14H2,1-2H3/t16-/m1/s1. The van der Waals surface area contributed by atoms with Gasteiger partial charge in [0.1, 0.15) is 5.82 Å². The van der Waals surface area contributed by atoms with Gasteiger partial charge >= 0.3 is 0 Å². The molecule has 3 heterocycles. The molecule has 1 amide bonds. The Morgan fingerprint density at radius 1 is 1.34 bits per heavy atom. The van der Waals surface area contributed by atoms with Gasteiger partial charge in [-0.15, -0.1) is 0 Å². The minimum absolute atomic E-state index is 0.0128. The molecule has 1 atom stereocenters. The van der Waals surface area contributed by atoms with Gasteiger partial charge in [-0.25, -0.2) is 14.4 Å². The van der Waals surface area contributed by atoms with Gasteiger partial charge in [0.05, 0.1) is 13.5 Å². The number of amides is 1. The first-order valence-corrected chi connectivity index (χ1v) is 10.2. The van der Waals surface area contributed by atoms with Crippen molar-refractivity contribution in [2.75, 3.05) is 33.8 Å². The van der Waals surface area contributed by atoms with E-state index in [1.165, 1.54) is 18.7 Å². The average molecular weight is 398 g/mol. The fourth-order valence-electron chi connectivity index (χ4n) is 4.19. The monoisotopic (exact) mass is 398 g/mol. The van der Waals surface area contributed by atoms with Gasteiger partial charge in [0, 0.05) is 56.0 Å². The van der Waals surface area contributed by atoms with Crippen LogP contribution in [-0.4, -0.2) is 59.5 Å². The van der Waals surface area contributed by atoms with Gasteiger partial charge in [-0.3, -0.25) is 4.79 Å². The molecule has 1 aromatic carbocycles. The lowest BCUT2D eigenvalue weighted by Gasteiger charge is -2.33. The number of piperidine rings is 1. The first kappa shape index (κ1) is 19.8. The van der Waals surface area contributed by atoms with Crippen molar-refractivity contribution in [3.05, 3.63) is 52.9 Å². The summed E-state index contributed by atoms with van der Waals surface area (Å²) < 4.78 is 18.9. The van der Waals surface area contributed by atoms with E-state index in [2.05, 4.69) is 16.9 Å². The molecule has 0 bridgehead atoms. The Balaban J connectivity index is 1.43. The van der Waals surface area contributed by atoms with Gasteiger partial charge < -0.3 is 14.5 Å². The highest BCUT2D eigenvalue weighted by Crippen LogP contribution is 2.27. The number of carbonyl (C=O) groups excluding carboxylic acids is 1. The average Bonchev–Trinajstić information content (AvgIpc) is 2.73. The van der Waals surface area contributed by atoms with Crippen LogP contribution in [0.15, 0.2) is 24.4 Å². The van der Waals surface area contributed by atoms with Gasteiger partial charge in [-0.2, -0.15) is 0 Å². The van der Waals surface area contributed by atoms with Crippen molar-refractivity contribution < 1.29 is 13.9 Å². The number of fused-ring (bicyclic) bond motifs is 1. The maximum absolute atomic E-state index is 13.9. The van der Waals surface area contributed by atoms with Crippen LogP contribution >= 0.6 is 0 Å². The predicted molar refractivity (Wildman–Crippen MR) is 107 cm³/mol. The number of halogens is 1. The molecule has 0 spiro atoms. The van der Waals surface area contributed by atoms with Crippen molar-refractivity contribution in [2.45, 2.75) is 38.1 Å². The first-order chi connectivity index (χ1) is 14.0. The molecule has 154 valence electrons. The van der Waals surface area contributed by atoms with Crippen LogP contribution in [0.5, 0.6) is 5.75 Å². The number of benzene rings is 1. The number of likely N-dealkylation sites (N-methyl/N-ethyl adjacent to an activating group) is 1. The van der Waals surface area contributed by atoms with Crippen LogP contribution < -0.4 is 4.74 Å². The number of nitrogens with zero attached hydrogens (tertiary/aromatic N) is 4. The van der Waals surface area contributed by atoms with Crippen LogP contribution in [0.2, 0.25) is 0 Å². The third-order valence-corrected chi connectivity index (χ3v) is 5.85. The maximum Gasteiger partial charge on any atom is 0.227 e. The Morgan fingerprint density at radius 2 is 2.21 bits per heavy atom. The lowest BCUT2D eigenvalue weighted by Crippen LogP contribution is -2.40. The quantitative estimate of drug-likeness (QED) is 0.792. The summed E-state index contributed by atoms with van der Waals surface area (Å²) >= 11 is 0. The number of aromatic nitrogens is 2. The smallest absolute Gasteiger partial charge is 0.227 e. The zero-order valence-electron chi connectivity index (χ0n) is 17.0. The summed E-state index contributed by atoms with van der Waals surface area (Å²) in [6, 6.07) is 4.68. The molecule has 7 heteroatoms. The molecule has 1 aromatic heterocycles. The van der Waals surface area contributed by atoms with Gasteiger partial charge in [-0.1, -0.05) is 6.07 Å². The highest BCUT2D eigenvalue weighted by Gasteiger charge is 2.27. The van der Waals surface area contributed by atoms with Gasteiger partial charge in [0.15, 0.2) is 11.6 Å². The fraction of sp³-hybridized carbons (Fsp3) is 0.500. The molecular weight excluding hydrogens is 371 g/mol. The molecule has 2 aliphatic heterocycles. The van der Waals surface area contributed by atoms with Crippen molar-refractivity contribution in [1.82, 2.24) is 19.8 Å². The Bertz CT molecular complexity index is 904. The molecule has 2 aromatic rings. The van der Waals surface area contributed by atoms with Crippen LogP contribution in [-0.2, 0) is 24.2 Å². The normalized spacial score (nSPS) is 19.7. The second-order valence-electron chi connectivity index (χ2n) is 8.01. The summed E-state index contributed by atoms with van der Waals surface area (Å²) in [6.45, 7) is 3.25. The Morgan fingerprint density at radius 3 is 3.00 bits per heavy atom. The second kappa shape index (κ2) is 8.45. The van der Waals surface area contributed by atoms with Gasteiger partial charge in [0.2, 0.25) is 5.91 Å². The Kier molecular flexibility index (Phi) is 5.76. The fourth-order valence-corrected chi connectivity index (χ4v) is 4.19. The molecule has 0 saturated carbocycles. The molecule has 1 saturated heterocycles. The number of rotatable bonds is 4. The SMILES string of the molecule is COc1ccc(CC(=O)N2CCC[C@@H](c3ncc4c(n3)CCN(C)C4)C2)cc1F. The van der Waals surface area contributed by atoms with E-state index in [-0.39, 0.29) is 24.0 Å². The molecule has 4 rings (SSSR count). The summed E-state index contributed by atoms with van der Waals surface area (Å²) in [5.74, 6) is 0.766. The number of hydrogen-bond donors (Lipinski definition) is 0. The molecule has 6 nitrogen and oxygen atoms in total. The number of methoxy groups -OCH3 is 1. The minimum atomic E-state index is -0.442. The van der Waals surface area contributed by atoms with E-state index in [1.54, 1.807) is 12.1 Å². The Hall–Kier alpha value is -2.54. The largest absolute Gasteiger partial charge is 0.494 e. The zero-order chi connectivity index (χ0) is 20.4. The Labute approximate surface area is 170 Å². The van der Waals surface area contributed by atoms with Crippen molar-refractivity contribution in [3.63, 3.8) is 0 Å². The van der Waals surface area contributed by atoms with Crippen molar-refractivity contribution in [3.8, 4) is 5.75 Å². The number of likely N-dealkylation sites (tertiary alicyclic amines) is 1. The van der Waals surface area contributed by atoms with Crippen molar-refractivity contribution >= 4 is 5.91 Å². The molecule has 0 aliphatic carbocycles. The van der Waals surface area contributed by atoms with Gasteiger partial charge in [0.25, 0.3) is 0 Å². The van der Waals surface area contributed by atoms with Crippen LogP contribution in [0.4, 0.5) is 4.39 Å². The van der Waals surface area contributed by atoms with Crippen LogP contribution in [0.1, 0.15) is 41.4 Å². The number of carbonyl (C=O) groups is 1. The van der Waals surface area contributed by atoms with E-state index in [9.17, 15) is 9.18 Å². The predicted octanol–water partition coefficient (Wildman–Crippen LogP) is 2.56. The number of ether oxygens (including phenoxy) is 1. The van der Waals surface area contributed by atoms with Crippen LogP contribution in [0.25, 0.3) is 0 Å². The van der Waals surface area contributed by atoms with Gasteiger partial charge in [-0.05, 0) is 37.6 Å². The number of hydrogen-bond acceptors (Lipinski definition) is 5. The van der Waals surface area contributed by atoms with Crippen LogP contribution in [0, 0.1) is 5.82 Å². The summed E-state index contributed by atoms with van der Waals surface area (Å²) in [5, 5.41) is 0. The summed E-state index contributed by atoms with van der Waals surface area (Å²) in [6.07, 6.45) is 5.00. The lowest BCUT2D eigenvalue weighted by molar-refractivity contribution is -0.131. The molecule has 29 heavy (non-hydrogen) atoms. The molecule has 1 fully saturated rings. The molecule has 2 aliphatic rings. The van der Waals surface area contributed by atoms with Crippen molar-refractivity contribution in [2.24, 2.45) is 0 Å². The molecule has 0 N–H and O–H groups in total. The van der Waals surface area contributed by atoms with Crippen molar-refractivity contribution in [1.29, 1.82) is 0 Å². The molecule has 0 radical (unpaired) electrons. The highest BCUT2D eigenvalue weighted by molar-refractivity contribution is 5.79. The molecule has 0 unspecified atom stereocenters. The topological polar surface area (TPSA) is 58.6 Å². The van der Waals surface area contributed by atoms with E-state index in [0.717, 1.165) is 50.4 Å². The lowest BCUT2D eigenvalue weighted by atomic mass is 9.96. The first-order valence-electron chi connectivity index (χ1n) is 10.2. The highest BCUT2D eigenvalue weighted by atomic mass is 19.1. The van der Waals surface area contributed by atoms with E-state index in [4.69, 9.17) is 9.72 Å². The van der Waals surface area contributed by atoms with E-state index in [0.29, 0.717) is 12.1 Å². The minimum Gasteiger partial charge on any atom is -0.494 e. The summed E-state index contributed by atoms with van der Waals surface area (Å²) in [5.41, 5.74) is 3.00. The maximum atomic E-state index is 13.9. The van der Waals surface area contributed by atoms with E-state index >= 15 is 0 Å². The third-order valence-electron chi connectivity index (χ3n) is 5.85. The summed E-state index contributed by atoms with van der Waals surface area (Å²) in [4.78, 5) is 26.4. The summed E-state index contributed by atoms with van der Waals surface area (Å²) in [7, 11) is 3.54. The second-order valence-corrected chi connectivity index (χ2v) is 8.01. The van der Waals surface area contributed by atoms with E-state index < -0.39 is 5.82 Å². The zero-order valence-corrected chi connectivity index (χ0v) is 17.0. The third kappa shape index (κ3) is 4.40. The molecular formula is C22H27FN4O2. The van der Waals surface area contributed by atoms with Crippen LogP contribution in [0.3, 0.4) is 0 Å².